The van der Waals surface area contributed by atoms with E-state index >= 15 is 0 Å². The molecule has 1 unspecified atom stereocenters. The summed E-state index contributed by atoms with van der Waals surface area (Å²) >= 11 is 0. The van der Waals surface area contributed by atoms with E-state index in [4.69, 9.17) is 4.74 Å². The van der Waals surface area contributed by atoms with Gasteiger partial charge < -0.3 is 10.1 Å². The van der Waals surface area contributed by atoms with Crippen LogP contribution < -0.4 is 5.32 Å². The zero-order chi connectivity index (χ0) is 15.4. The fourth-order valence-corrected chi connectivity index (χ4v) is 2.16. The van der Waals surface area contributed by atoms with Crippen molar-refractivity contribution in [3.8, 4) is 11.4 Å². The van der Waals surface area contributed by atoms with Gasteiger partial charge in [-0.3, -0.25) is 4.98 Å². The van der Waals surface area contributed by atoms with Crippen molar-refractivity contribution in [3.63, 3.8) is 0 Å². The van der Waals surface area contributed by atoms with E-state index in [9.17, 15) is 0 Å². The Bertz CT molecular complexity index is 761. The summed E-state index contributed by atoms with van der Waals surface area (Å²) in [5.41, 5.74) is 1.81. The number of anilines is 1. The van der Waals surface area contributed by atoms with Crippen molar-refractivity contribution in [2.24, 2.45) is 0 Å². The van der Waals surface area contributed by atoms with Crippen molar-refractivity contribution in [1.82, 2.24) is 15.0 Å². The van der Waals surface area contributed by atoms with Crippen LogP contribution >= 0.6 is 0 Å². The van der Waals surface area contributed by atoms with Gasteiger partial charge in [0.05, 0.1) is 11.6 Å². The van der Waals surface area contributed by atoms with Gasteiger partial charge in [-0.25, -0.2) is 9.97 Å². The minimum atomic E-state index is 0.107. The minimum absolute atomic E-state index is 0.107. The van der Waals surface area contributed by atoms with Crippen molar-refractivity contribution in [1.29, 1.82) is 0 Å². The smallest absolute Gasteiger partial charge is 0.163 e. The Morgan fingerprint density at radius 2 is 2.00 bits per heavy atom. The number of para-hydroxylation sites is 1. The topological polar surface area (TPSA) is 59.9 Å². The number of nitrogens with zero attached hydrogens (tertiary/aromatic N) is 3. The monoisotopic (exact) mass is 294 g/mol. The summed E-state index contributed by atoms with van der Waals surface area (Å²) in [7, 11) is 1.70. The molecule has 0 aliphatic heterocycles. The lowest BCUT2D eigenvalue weighted by atomic mass is 10.2. The zero-order valence-electron chi connectivity index (χ0n) is 12.7. The molecule has 1 aromatic carbocycles. The Morgan fingerprint density at radius 3 is 2.77 bits per heavy atom. The molecule has 0 aliphatic rings. The Kier molecular flexibility index (Phi) is 4.25. The first-order valence-electron chi connectivity index (χ1n) is 7.22. The van der Waals surface area contributed by atoms with Crippen LogP contribution in [0.5, 0.6) is 0 Å². The lowest BCUT2D eigenvalue weighted by Crippen LogP contribution is -2.19. The number of hydrogen-bond donors (Lipinski definition) is 1. The zero-order valence-corrected chi connectivity index (χ0v) is 12.7. The van der Waals surface area contributed by atoms with E-state index in [1.54, 1.807) is 19.5 Å². The normalized spacial score (nSPS) is 12.3. The second-order valence-electron chi connectivity index (χ2n) is 5.08. The molecule has 1 N–H and O–H groups in total. The van der Waals surface area contributed by atoms with Gasteiger partial charge in [0, 0.05) is 37.0 Å². The van der Waals surface area contributed by atoms with Crippen LogP contribution in [-0.2, 0) is 4.74 Å². The number of benzene rings is 1. The molecule has 0 radical (unpaired) electrons. The molecule has 112 valence electrons. The molecule has 3 aromatic rings. The number of pyridine rings is 1. The highest BCUT2D eigenvalue weighted by atomic mass is 16.5. The highest BCUT2D eigenvalue weighted by molar-refractivity contribution is 5.90. The number of ether oxygens (including phenoxy) is 1. The molecule has 1 atom stereocenters. The minimum Gasteiger partial charge on any atom is -0.380 e. The lowest BCUT2D eigenvalue weighted by molar-refractivity contribution is 0.128. The fraction of sp³-hybridized carbons (Fsp3) is 0.235. The molecule has 0 fully saturated rings. The SMILES string of the molecule is COC(C)CNc1nc(-c2cccnc2)nc2ccccc12. The van der Waals surface area contributed by atoms with E-state index < -0.39 is 0 Å². The molecule has 5 heteroatoms. The van der Waals surface area contributed by atoms with Crippen LogP contribution in [-0.4, -0.2) is 34.7 Å². The van der Waals surface area contributed by atoms with Crippen molar-refractivity contribution in [3.05, 3.63) is 48.8 Å². The first-order chi connectivity index (χ1) is 10.8. The summed E-state index contributed by atoms with van der Waals surface area (Å²) in [6.07, 6.45) is 3.62. The molecule has 3 rings (SSSR count). The summed E-state index contributed by atoms with van der Waals surface area (Å²) < 4.78 is 5.28. The number of rotatable bonds is 5. The highest BCUT2D eigenvalue weighted by Gasteiger charge is 2.10. The largest absolute Gasteiger partial charge is 0.380 e. The maximum Gasteiger partial charge on any atom is 0.163 e. The fourth-order valence-electron chi connectivity index (χ4n) is 2.16. The molecule has 5 nitrogen and oxygen atoms in total. The molecule has 0 spiro atoms. The van der Waals surface area contributed by atoms with Gasteiger partial charge >= 0.3 is 0 Å². The van der Waals surface area contributed by atoms with Gasteiger partial charge in [0.1, 0.15) is 5.82 Å². The summed E-state index contributed by atoms with van der Waals surface area (Å²) in [5, 5.41) is 4.35. The molecule has 2 heterocycles. The van der Waals surface area contributed by atoms with Gasteiger partial charge in [-0.2, -0.15) is 0 Å². The van der Waals surface area contributed by atoms with Gasteiger partial charge in [0.15, 0.2) is 5.82 Å². The summed E-state index contributed by atoms with van der Waals surface area (Å²) in [6.45, 7) is 2.70. The Labute approximate surface area is 129 Å². The van der Waals surface area contributed by atoms with Crippen LogP contribution in [0.15, 0.2) is 48.8 Å². The van der Waals surface area contributed by atoms with Crippen molar-refractivity contribution in [2.75, 3.05) is 19.0 Å². The van der Waals surface area contributed by atoms with Crippen molar-refractivity contribution >= 4 is 16.7 Å². The molecule has 2 aromatic heterocycles. The average Bonchev–Trinajstić information content (AvgIpc) is 2.59. The van der Waals surface area contributed by atoms with Gasteiger partial charge in [-0.05, 0) is 31.2 Å². The van der Waals surface area contributed by atoms with Crippen LogP contribution in [0.25, 0.3) is 22.3 Å². The molecular formula is C17H18N4O. The van der Waals surface area contributed by atoms with Gasteiger partial charge in [0.25, 0.3) is 0 Å². The van der Waals surface area contributed by atoms with E-state index in [1.807, 2.05) is 43.3 Å². The number of nitrogens with one attached hydrogen (secondary N) is 1. The third-order valence-corrected chi connectivity index (χ3v) is 3.48. The maximum absolute atomic E-state index is 5.28. The summed E-state index contributed by atoms with van der Waals surface area (Å²) in [4.78, 5) is 13.4. The van der Waals surface area contributed by atoms with Crippen LogP contribution in [0.1, 0.15) is 6.92 Å². The Balaban J connectivity index is 2.04. The number of aromatic nitrogens is 3. The summed E-state index contributed by atoms with van der Waals surface area (Å²) in [6, 6.07) is 11.8. The van der Waals surface area contributed by atoms with Gasteiger partial charge in [-0.1, -0.05) is 12.1 Å². The third-order valence-electron chi connectivity index (χ3n) is 3.48. The molecule has 0 bridgehead atoms. The maximum atomic E-state index is 5.28. The predicted octanol–water partition coefficient (Wildman–Crippen LogP) is 3.14. The molecular weight excluding hydrogens is 276 g/mol. The van der Waals surface area contributed by atoms with Crippen LogP contribution in [0.4, 0.5) is 5.82 Å². The lowest BCUT2D eigenvalue weighted by Gasteiger charge is -2.14. The van der Waals surface area contributed by atoms with E-state index in [-0.39, 0.29) is 6.10 Å². The summed E-state index contributed by atoms with van der Waals surface area (Å²) in [5.74, 6) is 1.48. The second kappa shape index (κ2) is 6.49. The van der Waals surface area contributed by atoms with E-state index in [1.165, 1.54) is 0 Å². The molecule has 0 aliphatic carbocycles. The third kappa shape index (κ3) is 3.04. The molecule has 0 saturated carbocycles. The van der Waals surface area contributed by atoms with E-state index in [2.05, 4.69) is 20.3 Å². The van der Waals surface area contributed by atoms with Crippen molar-refractivity contribution < 1.29 is 4.74 Å². The van der Waals surface area contributed by atoms with E-state index in [0.29, 0.717) is 12.4 Å². The molecule has 0 saturated heterocycles. The van der Waals surface area contributed by atoms with Crippen LogP contribution in [0.2, 0.25) is 0 Å². The van der Waals surface area contributed by atoms with Crippen LogP contribution in [0, 0.1) is 0 Å². The standard InChI is InChI=1S/C17H18N4O/c1-12(22-2)10-19-17-14-7-3-4-8-15(14)20-16(21-17)13-6-5-9-18-11-13/h3-9,11-12H,10H2,1-2H3,(H,19,20,21). The molecule has 0 amide bonds. The first-order valence-corrected chi connectivity index (χ1v) is 7.22. The van der Waals surface area contributed by atoms with E-state index in [0.717, 1.165) is 22.3 Å². The number of hydrogen-bond acceptors (Lipinski definition) is 5. The number of methoxy groups -OCH3 is 1. The predicted molar refractivity (Wildman–Crippen MR) is 87.7 cm³/mol. The Hall–Kier alpha value is -2.53. The van der Waals surface area contributed by atoms with Crippen LogP contribution in [0.3, 0.4) is 0 Å². The second-order valence-corrected chi connectivity index (χ2v) is 5.08. The van der Waals surface area contributed by atoms with Gasteiger partial charge in [-0.15, -0.1) is 0 Å². The van der Waals surface area contributed by atoms with Gasteiger partial charge in [0.2, 0.25) is 0 Å². The quantitative estimate of drug-likeness (QED) is 0.783. The van der Waals surface area contributed by atoms with Crippen molar-refractivity contribution in [2.45, 2.75) is 13.0 Å². The first kappa shape index (κ1) is 14.4. The highest BCUT2D eigenvalue weighted by Crippen LogP contribution is 2.24. The Morgan fingerprint density at radius 1 is 1.14 bits per heavy atom. The average molecular weight is 294 g/mol. The number of fused-ring (bicyclic) bond motifs is 1. The molecule has 22 heavy (non-hydrogen) atoms.